The van der Waals surface area contributed by atoms with Gasteiger partial charge in [-0.1, -0.05) is 11.3 Å². The SMILES string of the molecule is Cc1nnc(NS(=O)(=O)[O-])s1.[Na+]. The normalized spacial score (nSPS) is 10.5. The zero-order chi connectivity index (χ0) is 8.48. The molecule has 0 bridgehead atoms. The molecule has 0 aliphatic carbocycles. The summed E-state index contributed by atoms with van der Waals surface area (Å²) >= 11 is 1.00. The van der Waals surface area contributed by atoms with Gasteiger partial charge in [0, 0.05) is 0 Å². The van der Waals surface area contributed by atoms with Crippen molar-refractivity contribution in [1.82, 2.24) is 10.2 Å². The van der Waals surface area contributed by atoms with Crippen molar-refractivity contribution in [3.63, 3.8) is 0 Å². The zero-order valence-corrected chi connectivity index (χ0v) is 10.1. The van der Waals surface area contributed by atoms with Gasteiger partial charge < -0.3 is 4.55 Å². The van der Waals surface area contributed by atoms with Crippen LogP contribution in [0.4, 0.5) is 5.13 Å². The number of rotatable bonds is 2. The van der Waals surface area contributed by atoms with Crippen molar-refractivity contribution in [2.45, 2.75) is 6.92 Å². The monoisotopic (exact) mass is 217 g/mol. The van der Waals surface area contributed by atoms with Crippen LogP contribution in [0.5, 0.6) is 0 Å². The largest absolute Gasteiger partial charge is 1.00 e. The van der Waals surface area contributed by atoms with Gasteiger partial charge in [-0.05, 0) is 6.92 Å². The fraction of sp³-hybridized carbons (Fsp3) is 0.333. The third-order valence-corrected chi connectivity index (χ3v) is 2.07. The van der Waals surface area contributed by atoms with E-state index in [2.05, 4.69) is 10.2 Å². The van der Waals surface area contributed by atoms with Crippen LogP contribution in [0.2, 0.25) is 0 Å². The summed E-state index contributed by atoms with van der Waals surface area (Å²) < 4.78 is 31.9. The summed E-state index contributed by atoms with van der Waals surface area (Å²) in [6.07, 6.45) is 0. The van der Waals surface area contributed by atoms with Crippen molar-refractivity contribution < 1.29 is 42.5 Å². The minimum Gasteiger partial charge on any atom is -0.731 e. The van der Waals surface area contributed by atoms with E-state index in [9.17, 15) is 13.0 Å². The quantitative estimate of drug-likeness (QED) is 0.414. The van der Waals surface area contributed by atoms with Gasteiger partial charge in [0.05, 0.1) is 0 Å². The van der Waals surface area contributed by atoms with Crippen molar-refractivity contribution in [3.05, 3.63) is 5.01 Å². The van der Waals surface area contributed by atoms with Crippen molar-refractivity contribution in [1.29, 1.82) is 0 Å². The Morgan fingerprint density at radius 1 is 1.50 bits per heavy atom. The van der Waals surface area contributed by atoms with Gasteiger partial charge in [-0.3, -0.25) is 4.72 Å². The first-order valence-electron chi connectivity index (χ1n) is 2.51. The average molecular weight is 217 g/mol. The Hall–Kier alpha value is 0.270. The standard InChI is InChI=1S/C3H5N3O3S2.Na/c1-2-4-5-3(10-2)6-11(7,8)9;/h1H3,(H,5,6)(H,7,8,9);/q;+1/p-1. The number of aryl methyl sites for hydroxylation is 1. The molecule has 0 amide bonds. The minimum absolute atomic E-state index is 0. The summed E-state index contributed by atoms with van der Waals surface area (Å²) in [5, 5.41) is 7.47. The van der Waals surface area contributed by atoms with Crippen LogP contribution in [0.25, 0.3) is 0 Å². The molecular weight excluding hydrogens is 213 g/mol. The van der Waals surface area contributed by atoms with Crippen LogP contribution in [0.1, 0.15) is 5.01 Å². The molecule has 0 aromatic carbocycles. The zero-order valence-electron chi connectivity index (χ0n) is 6.44. The van der Waals surface area contributed by atoms with Crippen molar-refractivity contribution in [3.8, 4) is 0 Å². The number of hydrogen-bond acceptors (Lipinski definition) is 6. The second-order valence-electron chi connectivity index (χ2n) is 1.68. The van der Waals surface area contributed by atoms with Crippen molar-refractivity contribution in [2.75, 3.05) is 4.72 Å². The van der Waals surface area contributed by atoms with E-state index < -0.39 is 10.3 Å². The van der Waals surface area contributed by atoms with E-state index in [0.29, 0.717) is 5.01 Å². The second-order valence-corrected chi connectivity index (χ2v) is 3.98. The predicted octanol–water partition coefficient (Wildman–Crippen LogP) is -3.28. The maximum absolute atomic E-state index is 10.1. The van der Waals surface area contributed by atoms with Crippen molar-refractivity contribution >= 4 is 26.8 Å². The van der Waals surface area contributed by atoms with E-state index in [1.165, 1.54) is 0 Å². The number of anilines is 1. The summed E-state index contributed by atoms with van der Waals surface area (Å²) in [7, 11) is -4.46. The maximum atomic E-state index is 10.1. The summed E-state index contributed by atoms with van der Waals surface area (Å²) in [6, 6.07) is 0. The summed E-state index contributed by atoms with van der Waals surface area (Å²) in [4.78, 5) is 0. The molecule has 0 saturated carbocycles. The third-order valence-electron chi connectivity index (χ3n) is 0.738. The van der Waals surface area contributed by atoms with Gasteiger partial charge in [-0.25, -0.2) is 8.42 Å². The number of nitrogens with one attached hydrogen (secondary N) is 1. The fourth-order valence-corrected chi connectivity index (χ4v) is 1.62. The topological polar surface area (TPSA) is 95.0 Å². The summed E-state index contributed by atoms with van der Waals surface area (Å²) in [6.45, 7) is 1.65. The Balaban J connectivity index is 0.00000121. The first kappa shape index (κ1) is 12.3. The van der Waals surface area contributed by atoms with Gasteiger partial charge in [-0.2, -0.15) is 0 Å². The molecule has 0 radical (unpaired) electrons. The second kappa shape index (κ2) is 4.49. The molecule has 0 aliphatic heterocycles. The van der Waals surface area contributed by atoms with Crippen LogP contribution in [-0.4, -0.2) is 23.2 Å². The smallest absolute Gasteiger partial charge is 0.731 e. The Morgan fingerprint density at radius 3 is 2.42 bits per heavy atom. The van der Waals surface area contributed by atoms with Crippen LogP contribution in [0.15, 0.2) is 0 Å². The van der Waals surface area contributed by atoms with E-state index in [0.717, 1.165) is 11.3 Å². The van der Waals surface area contributed by atoms with Crippen LogP contribution in [0, 0.1) is 6.92 Å². The van der Waals surface area contributed by atoms with Gasteiger partial charge in [0.1, 0.15) is 5.01 Å². The van der Waals surface area contributed by atoms with Gasteiger partial charge in [0.2, 0.25) is 5.13 Å². The third kappa shape index (κ3) is 4.33. The maximum Gasteiger partial charge on any atom is 1.00 e. The molecular formula is C3H4N3NaO3S2. The first-order chi connectivity index (χ1) is 4.97. The number of aromatic nitrogens is 2. The van der Waals surface area contributed by atoms with Gasteiger partial charge >= 0.3 is 29.6 Å². The number of hydrogen-bond donors (Lipinski definition) is 1. The predicted molar refractivity (Wildman–Crippen MR) is 38.0 cm³/mol. The molecule has 12 heavy (non-hydrogen) atoms. The van der Waals surface area contributed by atoms with Crippen LogP contribution >= 0.6 is 11.3 Å². The molecule has 6 nitrogen and oxygen atoms in total. The molecule has 0 saturated heterocycles. The Bertz CT molecular complexity index is 347. The number of nitrogens with zero attached hydrogens (tertiary/aromatic N) is 2. The average Bonchev–Trinajstić information content (AvgIpc) is 2.10. The van der Waals surface area contributed by atoms with E-state index in [4.69, 9.17) is 0 Å². The molecule has 1 rings (SSSR count). The molecule has 62 valence electrons. The molecule has 0 aliphatic rings. The van der Waals surface area contributed by atoms with Gasteiger partial charge in [0.15, 0.2) is 10.3 Å². The van der Waals surface area contributed by atoms with E-state index >= 15 is 0 Å². The van der Waals surface area contributed by atoms with Crippen LogP contribution < -0.4 is 34.3 Å². The molecule has 0 atom stereocenters. The Labute approximate surface area is 95.6 Å². The van der Waals surface area contributed by atoms with E-state index in [1.807, 2.05) is 0 Å². The van der Waals surface area contributed by atoms with Gasteiger partial charge in [-0.15, -0.1) is 10.2 Å². The molecule has 1 N–H and O–H groups in total. The summed E-state index contributed by atoms with van der Waals surface area (Å²) in [5.74, 6) is 0. The Kier molecular flexibility index (Phi) is 4.59. The first-order valence-corrected chi connectivity index (χ1v) is 4.73. The fourth-order valence-electron chi connectivity index (χ4n) is 0.445. The minimum atomic E-state index is -4.46. The molecule has 1 aromatic heterocycles. The van der Waals surface area contributed by atoms with Crippen LogP contribution in [0.3, 0.4) is 0 Å². The van der Waals surface area contributed by atoms with Crippen LogP contribution in [-0.2, 0) is 10.3 Å². The molecule has 0 spiro atoms. The Morgan fingerprint density at radius 2 is 2.08 bits per heavy atom. The molecule has 0 unspecified atom stereocenters. The summed E-state index contributed by atoms with van der Waals surface area (Å²) in [5.41, 5.74) is 0. The molecule has 0 fully saturated rings. The molecule has 1 heterocycles. The molecule has 1 aromatic rings. The van der Waals surface area contributed by atoms with Crippen molar-refractivity contribution in [2.24, 2.45) is 0 Å². The van der Waals surface area contributed by atoms with Gasteiger partial charge in [0.25, 0.3) is 0 Å². The molecule has 9 heteroatoms. The van der Waals surface area contributed by atoms with E-state index in [-0.39, 0.29) is 34.7 Å². The van der Waals surface area contributed by atoms with E-state index in [1.54, 1.807) is 11.6 Å².